The van der Waals surface area contributed by atoms with Crippen LogP contribution in [0.25, 0.3) is 0 Å². The van der Waals surface area contributed by atoms with Gasteiger partial charge >= 0.3 is 0 Å². The molecule has 0 radical (unpaired) electrons. The number of benzene rings is 5. The molecule has 5 aromatic rings. The number of carbonyl (C=O) groups excluding carboxylic acids is 6. The summed E-state index contributed by atoms with van der Waals surface area (Å²) in [4.78, 5) is 88.0. The van der Waals surface area contributed by atoms with E-state index in [4.69, 9.17) is 18.9 Å². The van der Waals surface area contributed by atoms with Crippen molar-refractivity contribution in [2.75, 3.05) is 66.3 Å². The normalized spacial score (nSPS) is 17.0. The summed E-state index contributed by atoms with van der Waals surface area (Å²) < 4.78 is 24.8. The van der Waals surface area contributed by atoms with Crippen molar-refractivity contribution in [2.24, 2.45) is 5.92 Å². The van der Waals surface area contributed by atoms with Crippen molar-refractivity contribution >= 4 is 63.6 Å². The quantitative estimate of drug-likeness (QED) is 0.0713. The number of rotatable bonds is 20. The van der Waals surface area contributed by atoms with Gasteiger partial charge in [-0.15, -0.1) is 0 Å². The van der Waals surface area contributed by atoms with Crippen LogP contribution in [0.5, 0.6) is 23.0 Å². The minimum absolute atomic E-state index is 0.0294. The Hall–Kier alpha value is -7.88. The van der Waals surface area contributed by atoms with E-state index in [2.05, 4.69) is 32.6 Å². The Balaban J connectivity index is 0.948. The summed E-state index contributed by atoms with van der Waals surface area (Å²) in [6, 6.07) is 27.7. The van der Waals surface area contributed by atoms with E-state index in [-0.39, 0.29) is 67.4 Å². The minimum atomic E-state index is -0.803. The molecule has 0 aliphatic carbocycles. The van der Waals surface area contributed by atoms with Crippen molar-refractivity contribution in [2.45, 2.75) is 103 Å². The monoisotopic (exact) mass is 1020 g/mol. The molecule has 9 rings (SSSR count). The van der Waals surface area contributed by atoms with E-state index in [0.717, 1.165) is 35.3 Å². The summed E-state index contributed by atoms with van der Waals surface area (Å²) in [5.74, 6) is -0.197. The molecule has 4 atom stereocenters. The third kappa shape index (κ3) is 11.0. The third-order valence-electron chi connectivity index (χ3n) is 14.8. The van der Waals surface area contributed by atoms with Crippen LogP contribution < -0.4 is 49.2 Å². The molecule has 0 saturated carbocycles. The van der Waals surface area contributed by atoms with Crippen LogP contribution in [0.1, 0.15) is 102 Å². The number of amides is 4. The molecule has 0 aromatic heterocycles. The fraction of sp³-hybridized carbons (Fsp3) is 0.390. The first kappa shape index (κ1) is 52.0. The molecule has 4 amide bonds. The van der Waals surface area contributed by atoms with Gasteiger partial charge in [-0.3, -0.25) is 28.8 Å². The van der Waals surface area contributed by atoms with E-state index in [1.165, 1.54) is 14.2 Å². The lowest BCUT2D eigenvalue weighted by Gasteiger charge is -2.25. The number of hydrogen-bond donors (Lipinski definition) is 2. The number of para-hydroxylation sites is 2. The van der Waals surface area contributed by atoms with Gasteiger partial charge in [0, 0.05) is 88.0 Å². The van der Waals surface area contributed by atoms with Crippen LogP contribution in [0, 0.1) is 5.92 Å². The Bertz CT molecular complexity index is 2890. The van der Waals surface area contributed by atoms with Crippen molar-refractivity contribution in [3.05, 3.63) is 124 Å². The second-order valence-corrected chi connectivity index (χ2v) is 20.2. The molecule has 4 aliphatic rings. The fourth-order valence-electron chi connectivity index (χ4n) is 10.8. The van der Waals surface area contributed by atoms with Gasteiger partial charge in [0.05, 0.1) is 54.8 Å². The number of likely N-dealkylation sites (N-methyl/N-ethyl adjacent to an activating group) is 2. The van der Waals surface area contributed by atoms with Crippen LogP contribution >= 0.6 is 0 Å². The van der Waals surface area contributed by atoms with Crippen LogP contribution in [-0.2, 0) is 45.2 Å². The summed E-state index contributed by atoms with van der Waals surface area (Å²) >= 11 is 0. The van der Waals surface area contributed by atoms with Gasteiger partial charge in [0.2, 0.25) is 11.8 Å². The maximum atomic E-state index is 14.3. The van der Waals surface area contributed by atoms with Crippen molar-refractivity contribution in [3.63, 3.8) is 0 Å². The number of fused-ring (bicyclic) bond motifs is 8. The molecule has 4 aliphatic heterocycles. The molecule has 0 saturated heterocycles. The van der Waals surface area contributed by atoms with Crippen LogP contribution in [0.2, 0.25) is 0 Å². The van der Waals surface area contributed by atoms with E-state index in [0.29, 0.717) is 101 Å². The molecule has 4 heterocycles. The van der Waals surface area contributed by atoms with Crippen LogP contribution in [0.15, 0.2) is 91.0 Å². The van der Waals surface area contributed by atoms with Gasteiger partial charge in [0.1, 0.15) is 19.0 Å². The van der Waals surface area contributed by atoms with Crippen molar-refractivity contribution in [1.29, 1.82) is 0 Å². The Labute approximate surface area is 438 Å². The van der Waals surface area contributed by atoms with Gasteiger partial charge in [-0.2, -0.15) is 0 Å². The molecule has 392 valence electrons. The molecule has 0 spiro atoms. The van der Waals surface area contributed by atoms with Crippen molar-refractivity contribution < 1.29 is 47.7 Å². The summed E-state index contributed by atoms with van der Waals surface area (Å²) in [5, 5.41) is 5.75. The van der Waals surface area contributed by atoms with Gasteiger partial charge in [-0.1, -0.05) is 50.2 Å². The Morgan fingerprint density at radius 3 is 1.63 bits per heavy atom. The number of nitrogens with one attached hydrogen (secondary N) is 2. The summed E-state index contributed by atoms with van der Waals surface area (Å²) in [6.07, 6.45) is 3.63. The molecule has 5 aromatic carbocycles. The molecule has 0 unspecified atom stereocenters. The van der Waals surface area contributed by atoms with E-state index in [9.17, 15) is 28.8 Å². The smallest absolute Gasteiger partial charge is 0.260 e. The van der Waals surface area contributed by atoms with Crippen LogP contribution in [0.3, 0.4) is 0 Å². The Morgan fingerprint density at radius 1 is 0.640 bits per heavy atom. The maximum Gasteiger partial charge on any atom is 0.260 e. The second-order valence-electron chi connectivity index (χ2n) is 20.2. The van der Waals surface area contributed by atoms with Gasteiger partial charge in [0.25, 0.3) is 11.8 Å². The number of anilines is 5. The zero-order chi connectivity index (χ0) is 53.1. The number of hydrogen-bond acceptors (Lipinski definition) is 12. The van der Waals surface area contributed by atoms with Gasteiger partial charge in [-0.25, -0.2) is 0 Å². The van der Waals surface area contributed by atoms with Gasteiger partial charge < -0.3 is 49.2 Å². The Morgan fingerprint density at radius 2 is 1.13 bits per heavy atom. The van der Waals surface area contributed by atoms with E-state index in [1.54, 1.807) is 38.1 Å². The molecule has 2 N–H and O–H groups in total. The first-order chi connectivity index (χ1) is 36.1. The lowest BCUT2D eigenvalue weighted by molar-refractivity contribution is -0.129. The first-order valence-corrected chi connectivity index (χ1v) is 25.9. The summed E-state index contributed by atoms with van der Waals surface area (Å²) in [6.45, 7) is 6.36. The standard InChI is InChI=1S/C59H66N6O10/c1-8-44(66)17-11-14-20-56(68)60-36(3)51(67)21-35(2)57(69)61-41-23-37(33-74-54-29-49-45(27-52(54)72-6)58(70)64-42(31-62(49)4)25-39-15-9-12-18-47(39)64)22-38(24-41)34-75-55-30-50-46(28-53(55)73-7)59(71)65-43(32-63(50)5)26-40-16-10-13-19-48(40)65/h9-10,12-13,15-16,18-19,22-24,27-30,35-36,42-43H,8,11,14,17,20-21,25-26,31-34H2,1-7H3,(H,60,68)(H,61,69)/t35-,36+,42+,43+/m1/s1. The predicted octanol–water partition coefficient (Wildman–Crippen LogP) is 8.48. The largest absolute Gasteiger partial charge is 0.493 e. The molecule has 0 bridgehead atoms. The molecular weight excluding hydrogens is 953 g/mol. The predicted molar refractivity (Wildman–Crippen MR) is 288 cm³/mol. The highest BCUT2D eigenvalue weighted by atomic mass is 16.5. The number of nitrogens with zero attached hydrogens (tertiary/aromatic N) is 4. The third-order valence-corrected chi connectivity index (χ3v) is 14.8. The summed E-state index contributed by atoms with van der Waals surface area (Å²) in [5.41, 5.74) is 8.30. The zero-order valence-electron chi connectivity index (χ0n) is 43.8. The first-order valence-electron chi connectivity index (χ1n) is 25.9. The molecule has 0 fully saturated rings. The number of ketones is 2. The molecule has 75 heavy (non-hydrogen) atoms. The summed E-state index contributed by atoms with van der Waals surface area (Å²) in [7, 11) is 7.01. The molecule has 16 nitrogen and oxygen atoms in total. The minimum Gasteiger partial charge on any atom is -0.493 e. The number of Topliss-reactive ketones (excluding diaryl/α,β-unsaturated/α-hetero) is 2. The van der Waals surface area contributed by atoms with Crippen LogP contribution in [-0.4, -0.2) is 94.7 Å². The SMILES string of the molecule is CCC(=O)CCCCC(=O)N[C@@H](C)C(=O)C[C@@H](C)C(=O)Nc1cc(COc2cc3c(cc2OC)C(=O)N2c4ccccc4C[C@H]2CN3C)cc(COc2cc3c(cc2OC)C(=O)N2c4ccccc4C[C@H]2CN3C)c1. The van der Waals surface area contributed by atoms with E-state index >= 15 is 0 Å². The fourth-order valence-corrected chi connectivity index (χ4v) is 10.8. The highest BCUT2D eigenvalue weighted by molar-refractivity contribution is 6.13. The molecular formula is C59H66N6O10. The van der Waals surface area contributed by atoms with Gasteiger partial charge in [0.15, 0.2) is 28.8 Å². The zero-order valence-corrected chi connectivity index (χ0v) is 43.8. The number of ether oxygens (including phenoxy) is 4. The highest BCUT2D eigenvalue weighted by Crippen LogP contribution is 2.44. The maximum absolute atomic E-state index is 14.3. The van der Waals surface area contributed by atoms with Gasteiger partial charge in [-0.05, 0) is 97.3 Å². The van der Waals surface area contributed by atoms with E-state index < -0.39 is 17.9 Å². The average Bonchev–Trinajstić information content (AvgIpc) is 3.92. The van der Waals surface area contributed by atoms with Crippen LogP contribution in [0.4, 0.5) is 28.4 Å². The topological polar surface area (TPSA) is 176 Å². The molecule has 16 heteroatoms. The number of carbonyl (C=O) groups is 6. The number of unbranched alkanes of at least 4 members (excludes halogenated alkanes) is 1. The van der Waals surface area contributed by atoms with Crippen molar-refractivity contribution in [1.82, 2.24) is 5.32 Å². The number of methoxy groups -OCH3 is 2. The second kappa shape index (κ2) is 22.3. The average molecular weight is 1020 g/mol. The van der Waals surface area contributed by atoms with Crippen molar-refractivity contribution in [3.8, 4) is 23.0 Å². The lowest BCUT2D eigenvalue weighted by atomic mass is 9.99. The highest BCUT2D eigenvalue weighted by Gasteiger charge is 2.41. The Kier molecular flexibility index (Phi) is 15.5. The lowest BCUT2D eigenvalue weighted by Crippen LogP contribution is -2.41. The van der Waals surface area contributed by atoms with E-state index in [1.807, 2.05) is 85.4 Å².